The van der Waals surface area contributed by atoms with Crippen molar-refractivity contribution in [2.75, 3.05) is 10.6 Å². The molecule has 26 heavy (non-hydrogen) atoms. The summed E-state index contributed by atoms with van der Waals surface area (Å²) >= 11 is 5.78. The van der Waals surface area contributed by atoms with Crippen molar-refractivity contribution in [2.45, 2.75) is 0 Å². The molecule has 0 aliphatic heterocycles. The molecular weight excluding hydrogens is 367 g/mol. The zero-order valence-corrected chi connectivity index (χ0v) is 13.8. The van der Waals surface area contributed by atoms with E-state index in [2.05, 4.69) is 15.6 Å². The van der Waals surface area contributed by atoms with Gasteiger partial charge in [0, 0.05) is 16.9 Å². The second-order valence-electron chi connectivity index (χ2n) is 5.24. The predicted molar refractivity (Wildman–Crippen MR) is 93.2 cm³/mol. The van der Waals surface area contributed by atoms with Gasteiger partial charge in [-0.3, -0.25) is 4.79 Å². The minimum absolute atomic E-state index is 0.165. The average Bonchev–Trinajstić information content (AvgIpc) is 2.64. The van der Waals surface area contributed by atoms with Crippen LogP contribution in [0, 0.1) is 17.5 Å². The number of carbonyl (C=O) groups excluding carboxylic acids is 1. The maximum absolute atomic E-state index is 13.6. The van der Waals surface area contributed by atoms with Gasteiger partial charge in [0.05, 0.1) is 11.3 Å². The lowest BCUT2D eigenvalue weighted by Crippen LogP contribution is -2.12. The Kier molecular flexibility index (Phi) is 5.09. The van der Waals surface area contributed by atoms with E-state index in [0.717, 1.165) is 12.1 Å². The summed E-state index contributed by atoms with van der Waals surface area (Å²) in [6.45, 7) is 0. The number of hydrogen-bond acceptors (Lipinski definition) is 3. The van der Waals surface area contributed by atoms with Crippen LogP contribution >= 0.6 is 11.6 Å². The first-order valence-corrected chi connectivity index (χ1v) is 7.75. The molecule has 1 aromatic heterocycles. The molecule has 0 fully saturated rings. The molecule has 2 aromatic carbocycles. The summed E-state index contributed by atoms with van der Waals surface area (Å²) in [7, 11) is 0. The molecule has 0 radical (unpaired) electrons. The van der Waals surface area contributed by atoms with Crippen molar-refractivity contribution in [1.29, 1.82) is 0 Å². The van der Waals surface area contributed by atoms with Gasteiger partial charge in [-0.05, 0) is 48.5 Å². The largest absolute Gasteiger partial charge is 0.338 e. The highest BCUT2D eigenvalue weighted by molar-refractivity contribution is 6.30. The van der Waals surface area contributed by atoms with E-state index in [-0.39, 0.29) is 17.1 Å². The Morgan fingerprint density at radius 3 is 2.31 bits per heavy atom. The van der Waals surface area contributed by atoms with Crippen LogP contribution in [-0.4, -0.2) is 10.9 Å². The molecule has 0 saturated heterocycles. The molecule has 132 valence electrons. The second kappa shape index (κ2) is 7.45. The van der Waals surface area contributed by atoms with Crippen LogP contribution in [0.1, 0.15) is 10.4 Å². The Labute approximate surface area is 151 Å². The minimum atomic E-state index is -1.58. The molecule has 0 aliphatic carbocycles. The third-order valence-electron chi connectivity index (χ3n) is 3.43. The van der Waals surface area contributed by atoms with E-state index in [0.29, 0.717) is 10.7 Å². The Balaban J connectivity index is 1.71. The Bertz CT molecular complexity index is 947. The first-order valence-electron chi connectivity index (χ1n) is 7.37. The minimum Gasteiger partial charge on any atom is -0.338 e. The standard InChI is InChI=1S/C18H11ClF3N3O/c19-11-2-4-12(5-3-11)24-18(26)10-1-8-15(23-9-10)25-14-7-6-13(20)16(21)17(14)22/h1-9H,(H,23,25)(H,24,26). The summed E-state index contributed by atoms with van der Waals surface area (Å²) in [6.07, 6.45) is 1.27. The summed E-state index contributed by atoms with van der Waals surface area (Å²) < 4.78 is 39.8. The topological polar surface area (TPSA) is 54.0 Å². The van der Waals surface area contributed by atoms with Crippen molar-refractivity contribution >= 4 is 34.7 Å². The third kappa shape index (κ3) is 3.94. The monoisotopic (exact) mass is 377 g/mol. The Morgan fingerprint density at radius 1 is 0.923 bits per heavy atom. The Morgan fingerprint density at radius 2 is 1.65 bits per heavy atom. The fraction of sp³-hybridized carbons (Fsp3) is 0. The zero-order chi connectivity index (χ0) is 18.7. The number of anilines is 3. The molecule has 3 aromatic rings. The van der Waals surface area contributed by atoms with Crippen LogP contribution in [-0.2, 0) is 0 Å². The lowest BCUT2D eigenvalue weighted by Gasteiger charge is -2.09. The first-order chi connectivity index (χ1) is 12.4. The van der Waals surface area contributed by atoms with Gasteiger partial charge in [-0.2, -0.15) is 0 Å². The summed E-state index contributed by atoms with van der Waals surface area (Å²) in [6, 6.07) is 11.3. The SMILES string of the molecule is O=C(Nc1ccc(Cl)cc1)c1ccc(Nc2ccc(F)c(F)c2F)nc1. The normalized spacial score (nSPS) is 10.5. The molecule has 8 heteroatoms. The molecule has 0 saturated carbocycles. The van der Waals surface area contributed by atoms with Crippen molar-refractivity contribution in [3.05, 3.63) is 82.8 Å². The van der Waals surface area contributed by atoms with Gasteiger partial charge in [0.15, 0.2) is 17.5 Å². The number of carbonyl (C=O) groups is 1. The van der Waals surface area contributed by atoms with Crippen molar-refractivity contribution in [1.82, 2.24) is 4.98 Å². The maximum atomic E-state index is 13.6. The highest BCUT2D eigenvalue weighted by Gasteiger charge is 2.14. The van der Waals surface area contributed by atoms with Crippen LogP contribution in [0.3, 0.4) is 0 Å². The van der Waals surface area contributed by atoms with E-state index < -0.39 is 23.4 Å². The van der Waals surface area contributed by atoms with Gasteiger partial charge in [-0.1, -0.05) is 11.6 Å². The number of aromatic nitrogens is 1. The molecule has 0 spiro atoms. The number of benzene rings is 2. The smallest absolute Gasteiger partial charge is 0.257 e. The fourth-order valence-corrected chi connectivity index (χ4v) is 2.23. The van der Waals surface area contributed by atoms with E-state index in [4.69, 9.17) is 11.6 Å². The van der Waals surface area contributed by atoms with Crippen LogP contribution in [0.2, 0.25) is 5.02 Å². The predicted octanol–water partition coefficient (Wildman–Crippen LogP) is 5.15. The molecule has 0 aliphatic rings. The van der Waals surface area contributed by atoms with Gasteiger partial charge in [-0.15, -0.1) is 0 Å². The molecule has 0 bridgehead atoms. The second-order valence-corrected chi connectivity index (χ2v) is 5.68. The van der Waals surface area contributed by atoms with E-state index in [1.54, 1.807) is 24.3 Å². The summed E-state index contributed by atoms with van der Waals surface area (Å²) in [4.78, 5) is 16.1. The van der Waals surface area contributed by atoms with E-state index in [9.17, 15) is 18.0 Å². The van der Waals surface area contributed by atoms with Crippen LogP contribution in [0.5, 0.6) is 0 Å². The summed E-state index contributed by atoms with van der Waals surface area (Å²) in [5.74, 6) is -4.44. The molecule has 3 rings (SSSR count). The van der Waals surface area contributed by atoms with E-state index in [1.807, 2.05) is 0 Å². The van der Waals surface area contributed by atoms with Gasteiger partial charge >= 0.3 is 0 Å². The highest BCUT2D eigenvalue weighted by Crippen LogP contribution is 2.23. The van der Waals surface area contributed by atoms with Gasteiger partial charge < -0.3 is 10.6 Å². The molecular formula is C18H11ClF3N3O. The lowest BCUT2D eigenvalue weighted by molar-refractivity contribution is 0.102. The Hall–Kier alpha value is -3.06. The van der Waals surface area contributed by atoms with Crippen molar-refractivity contribution < 1.29 is 18.0 Å². The van der Waals surface area contributed by atoms with E-state index in [1.165, 1.54) is 18.3 Å². The third-order valence-corrected chi connectivity index (χ3v) is 3.68. The molecule has 0 unspecified atom stereocenters. The number of rotatable bonds is 4. The van der Waals surface area contributed by atoms with E-state index >= 15 is 0 Å². The molecule has 2 N–H and O–H groups in total. The maximum Gasteiger partial charge on any atom is 0.257 e. The highest BCUT2D eigenvalue weighted by atomic mass is 35.5. The lowest BCUT2D eigenvalue weighted by atomic mass is 10.2. The number of pyridine rings is 1. The van der Waals surface area contributed by atoms with Crippen LogP contribution < -0.4 is 10.6 Å². The van der Waals surface area contributed by atoms with Gasteiger partial charge in [0.25, 0.3) is 5.91 Å². The molecule has 4 nitrogen and oxygen atoms in total. The van der Waals surface area contributed by atoms with Crippen molar-refractivity contribution in [3.8, 4) is 0 Å². The van der Waals surface area contributed by atoms with Crippen molar-refractivity contribution in [3.63, 3.8) is 0 Å². The molecule has 1 heterocycles. The fourth-order valence-electron chi connectivity index (χ4n) is 2.10. The number of halogens is 4. The van der Waals surface area contributed by atoms with Crippen LogP contribution in [0.25, 0.3) is 0 Å². The van der Waals surface area contributed by atoms with Gasteiger partial charge in [0.1, 0.15) is 5.82 Å². The average molecular weight is 378 g/mol. The van der Waals surface area contributed by atoms with Crippen LogP contribution in [0.4, 0.5) is 30.4 Å². The molecule has 0 atom stereocenters. The number of hydrogen-bond donors (Lipinski definition) is 2. The van der Waals surface area contributed by atoms with Crippen molar-refractivity contribution in [2.24, 2.45) is 0 Å². The van der Waals surface area contributed by atoms with Gasteiger partial charge in [-0.25, -0.2) is 18.2 Å². The molecule has 1 amide bonds. The summed E-state index contributed by atoms with van der Waals surface area (Å²) in [5, 5.41) is 5.74. The van der Waals surface area contributed by atoms with Gasteiger partial charge in [0.2, 0.25) is 0 Å². The van der Waals surface area contributed by atoms with Crippen LogP contribution in [0.15, 0.2) is 54.7 Å². The number of nitrogens with zero attached hydrogens (tertiary/aromatic N) is 1. The number of amides is 1. The summed E-state index contributed by atoms with van der Waals surface area (Å²) in [5.41, 5.74) is 0.552. The first kappa shape index (κ1) is 17.8. The quantitative estimate of drug-likeness (QED) is 0.618. The number of nitrogens with one attached hydrogen (secondary N) is 2. The zero-order valence-electron chi connectivity index (χ0n) is 13.1.